The molecule has 0 atom stereocenters. The molecule has 4 nitrogen and oxygen atoms in total. The number of benzene rings is 1. The van der Waals surface area contributed by atoms with Crippen LogP contribution < -0.4 is 0 Å². The van der Waals surface area contributed by atoms with Crippen LogP contribution in [-0.4, -0.2) is 19.6 Å². The molecule has 0 saturated carbocycles. The van der Waals surface area contributed by atoms with Gasteiger partial charge in [0.2, 0.25) is 0 Å². The molecule has 96 valence electrons. The minimum Gasteiger partial charge on any atom is -0.266 e. The molecule has 0 bridgehead atoms. The first-order valence-corrected chi connectivity index (χ1v) is 6.01. The van der Waals surface area contributed by atoms with Gasteiger partial charge in [0, 0.05) is 12.4 Å². The highest BCUT2D eigenvalue weighted by atomic mass is 19.1. The Morgan fingerprint density at radius 3 is 2.47 bits per heavy atom. The number of aromatic nitrogens is 4. The summed E-state index contributed by atoms with van der Waals surface area (Å²) < 4.78 is 16.4. The summed E-state index contributed by atoms with van der Waals surface area (Å²) in [6.45, 7) is 2.58. The van der Waals surface area contributed by atoms with Crippen molar-refractivity contribution >= 4 is 0 Å². The Morgan fingerprint density at radius 1 is 1.00 bits per heavy atom. The molecule has 3 rings (SSSR count). The van der Waals surface area contributed by atoms with Crippen LogP contribution in [-0.2, 0) is 6.54 Å². The second kappa shape index (κ2) is 4.68. The van der Waals surface area contributed by atoms with Crippen molar-refractivity contribution < 1.29 is 4.39 Å². The van der Waals surface area contributed by atoms with Gasteiger partial charge in [-0.3, -0.25) is 4.68 Å². The average Bonchev–Trinajstić information content (AvgIpc) is 3.00. The van der Waals surface area contributed by atoms with Crippen molar-refractivity contribution in [1.29, 1.82) is 0 Å². The Kier molecular flexibility index (Phi) is 2.87. The lowest BCUT2D eigenvalue weighted by Gasteiger charge is -2.01. The number of nitrogens with zero attached hydrogens (tertiary/aromatic N) is 4. The van der Waals surface area contributed by atoms with Gasteiger partial charge in [-0.1, -0.05) is 0 Å². The fourth-order valence-corrected chi connectivity index (χ4v) is 1.90. The van der Waals surface area contributed by atoms with Crippen molar-refractivity contribution in [2.75, 3.05) is 0 Å². The SMILES string of the molecule is Cc1ccn(Cc2ccn(-c3ccc(F)cc3)n2)n1. The molecule has 0 amide bonds. The minimum atomic E-state index is -0.247. The highest BCUT2D eigenvalue weighted by Gasteiger charge is 2.03. The Hall–Kier alpha value is -2.43. The third kappa shape index (κ3) is 2.54. The van der Waals surface area contributed by atoms with Gasteiger partial charge in [-0.15, -0.1) is 0 Å². The van der Waals surface area contributed by atoms with E-state index >= 15 is 0 Å². The van der Waals surface area contributed by atoms with E-state index in [0.717, 1.165) is 17.1 Å². The van der Waals surface area contributed by atoms with Crippen molar-refractivity contribution in [3.63, 3.8) is 0 Å². The smallest absolute Gasteiger partial charge is 0.123 e. The molecule has 0 radical (unpaired) electrons. The average molecular weight is 256 g/mol. The molecule has 0 saturated heterocycles. The fraction of sp³-hybridized carbons (Fsp3) is 0.143. The zero-order chi connectivity index (χ0) is 13.2. The van der Waals surface area contributed by atoms with Gasteiger partial charge < -0.3 is 0 Å². The largest absolute Gasteiger partial charge is 0.266 e. The summed E-state index contributed by atoms with van der Waals surface area (Å²) in [6, 6.07) is 10.1. The first kappa shape index (κ1) is 11.6. The van der Waals surface area contributed by atoms with E-state index in [1.165, 1.54) is 12.1 Å². The summed E-state index contributed by atoms with van der Waals surface area (Å²) in [6.07, 6.45) is 3.78. The van der Waals surface area contributed by atoms with E-state index < -0.39 is 0 Å². The second-order valence-electron chi connectivity index (χ2n) is 4.38. The van der Waals surface area contributed by atoms with Crippen molar-refractivity contribution in [2.24, 2.45) is 0 Å². The van der Waals surface area contributed by atoms with Crippen molar-refractivity contribution in [1.82, 2.24) is 19.6 Å². The molecule has 2 heterocycles. The van der Waals surface area contributed by atoms with Gasteiger partial charge in [0.25, 0.3) is 0 Å². The summed E-state index contributed by atoms with van der Waals surface area (Å²) in [5.41, 5.74) is 2.73. The van der Waals surface area contributed by atoms with Crippen molar-refractivity contribution in [3.8, 4) is 5.69 Å². The number of aryl methyl sites for hydroxylation is 1. The van der Waals surface area contributed by atoms with E-state index in [-0.39, 0.29) is 5.82 Å². The predicted molar refractivity (Wildman–Crippen MR) is 69.6 cm³/mol. The summed E-state index contributed by atoms with van der Waals surface area (Å²) in [5.74, 6) is -0.247. The van der Waals surface area contributed by atoms with Crippen LogP contribution in [0.2, 0.25) is 0 Å². The van der Waals surface area contributed by atoms with E-state index in [1.807, 2.05) is 36.1 Å². The zero-order valence-electron chi connectivity index (χ0n) is 10.5. The first-order chi connectivity index (χ1) is 9.20. The maximum atomic E-state index is 12.9. The molecule has 2 aromatic heterocycles. The molecule has 0 aliphatic carbocycles. The molecule has 19 heavy (non-hydrogen) atoms. The predicted octanol–water partition coefficient (Wildman–Crippen LogP) is 2.56. The van der Waals surface area contributed by atoms with Crippen LogP contribution in [0.4, 0.5) is 4.39 Å². The highest BCUT2D eigenvalue weighted by Crippen LogP contribution is 2.09. The minimum absolute atomic E-state index is 0.247. The first-order valence-electron chi connectivity index (χ1n) is 6.01. The molecule has 0 aliphatic heterocycles. The summed E-state index contributed by atoms with van der Waals surface area (Å²) in [7, 11) is 0. The van der Waals surface area contributed by atoms with Gasteiger partial charge in [-0.05, 0) is 43.3 Å². The number of halogens is 1. The van der Waals surface area contributed by atoms with Crippen LogP contribution in [0.25, 0.3) is 5.69 Å². The highest BCUT2D eigenvalue weighted by molar-refractivity contribution is 5.31. The molecule has 3 aromatic rings. The molecule has 1 aromatic carbocycles. The zero-order valence-corrected chi connectivity index (χ0v) is 10.5. The van der Waals surface area contributed by atoms with E-state index in [2.05, 4.69) is 10.2 Å². The quantitative estimate of drug-likeness (QED) is 0.722. The van der Waals surface area contributed by atoms with Crippen molar-refractivity contribution in [2.45, 2.75) is 13.5 Å². The number of hydrogen-bond acceptors (Lipinski definition) is 2. The van der Waals surface area contributed by atoms with E-state index in [9.17, 15) is 4.39 Å². The van der Waals surface area contributed by atoms with Gasteiger partial charge in [-0.2, -0.15) is 10.2 Å². The molecule has 0 N–H and O–H groups in total. The Morgan fingerprint density at radius 2 is 1.79 bits per heavy atom. The molecule has 0 spiro atoms. The molecular weight excluding hydrogens is 243 g/mol. The Bertz CT molecular complexity index is 682. The third-order valence-corrected chi connectivity index (χ3v) is 2.83. The van der Waals surface area contributed by atoms with Crippen LogP contribution in [0.3, 0.4) is 0 Å². The third-order valence-electron chi connectivity index (χ3n) is 2.83. The molecular formula is C14H13FN4. The van der Waals surface area contributed by atoms with Crippen LogP contribution in [0.5, 0.6) is 0 Å². The Balaban J connectivity index is 1.81. The van der Waals surface area contributed by atoms with Gasteiger partial charge in [-0.25, -0.2) is 9.07 Å². The Labute approximate surface area is 110 Å². The van der Waals surface area contributed by atoms with Crippen molar-refractivity contribution in [3.05, 3.63) is 66.0 Å². The van der Waals surface area contributed by atoms with Crippen LogP contribution >= 0.6 is 0 Å². The second-order valence-corrected chi connectivity index (χ2v) is 4.38. The maximum Gasteiger partial charge on any atom is 0.123 e. The van der Waals surface area contributed by atoms with Crippen LogP contribution in [0.15, 0.2) is 48.8 Å². The monoisotopic (exact) mass is 256 g/mol. The lowest BCUT2D eigenvalue weighted by Crippen LogP contribution is -2.02. The van der Waals surface area contributed by atoms with Crippen LogP contribution in [0.1, 0.15) is 11.4 Å². The van der Waals surface area contributed by atoms with E-state index in [4.69, 9.17) is 0 Å². The normalized spacial score (nSPS) is 10.8. The van der Waals surface area contributed by atoms with Gasteiger partial charge in [0.15, 0.2) is 0 Å². The van der Waals surface area contributed by atoms with Gasteiger partial charge in [0.05, 0.1) is 23.6 Å². The van der Waals surface area contributed by atoms with E-state index in [0.29, 0.717) is 6.54 Å². The summed E-state index contributed by atoms with van der Waals surface area (Å²) in [5, 5.41) is 8.77. The topological polar surface area (TPSA) is 35.6 Å². The summed E-state index contributed by atoms with van der Waals surface area (Å²) in [4.78, 5) is 0. The number of hydrogen-bond donors (Lipinski definition) is 0. The summed E-state index contributed by atoms with van der Waals surface area (Å²) >= 11 is 0. The molecule has 0 aliphatic rings. The fourth-order valence-electron chi connectivity index (χ4n) is 1.90. The molecule has 0 unspecified atom stereocenters. The van der Waals surface area contributed by atoms with Gasteiger partial charge in [0.1, 0.15) is 5.82 Å². The lowest BCUT2D eigenvalue weighted by molar-refractivity contribution is 0.626. The maximum absolute atomic E-state index is 12.9. The molecule has 5 heteroatoms. The lowest BCUT2D eigenvalue weighted by atomic mass is 10.3. The van der Waals surface area contributed by atoms with Gasteiger partial charge >= 0.3 is 0 Å². The number of rotatable bonds is 3. The van der Waals surface area contributed by atoms with Crippen LogP contribution in [0, 0.1) is 12.7 Å². The standard InChI is InChI=1S/C14H13FN4/c1-11-6-8-18(16-11)10-13-7-9-19(17-13)14-4-2-12(15)3-5-14/h2-9H,10H2,1H3. The molecule has 0 fully saturated rings. The van der Waals surface area contributed by atoms with E-state index in [1.54, 1.807) is 16.8 Å².